The maximum atomic E-state index is 11.6. The minimum atomic E-state index is -0.993. The van der Waals surface area contributed by atoms with Gasteiger partial charge in [0.2, 0.25) is 0 Å². The maximum absolute atomic E-state index is 11.6. The summed E-state index contributed by atoms with van der Waals surface area (Å²) in [4.78, 5) is 22.7. The molecule has 0 aliphatic rings. The third kappa shape index (κ3) is 4.82. The van der Waals surface area contributed by atoms with Gasteiger partial charge in [-0.3, -0.25) is 4.79 Å². The summed E-state index contributed by atoms with van der Waals surface area (Å²) >= 11 is 1.35. The SMILES string of the molecule is CCCCNC(=O)c1csc(C=CC(=O)O)c1. The van der Waals surface area contributed by atoms with Crippen molar-refractivity contribution in [2.24, 2.45) is 0 Å². The van der Waals surface area contributed by atoms with Crippen LogP contribution in [0.3, 0.4) is 0 Å². The number of hydrogen-bond acceptors (Lipinski definition) is 3. The number of amides is 1. The number of carboxylic acid groups (broad SMARTS) is 1. The van der Waals surface area contributed by atoms with Crippen molar-refractivity contribution in [2.75, 3.05) is 6.54 Å². The summed E-state index contributed by atoms with van der Waals surface area (Å²) in [5.74, 6) is -1.10. The predicted molar refractivity (Wildman–Crippen MR) is 68.2 cm³/mol. The van der Waals surface area contributed by atoms with Crippen LogP contribution in [0.25, 0.3) is 6.08 Å². The maximum Gasteiger partial charge on any atom is 0.328 e. The molecule has 1 heterocycles. The van der Waals surface area contributed by atoms with E-state index < -0.39 is 5.97 Å². The largest absolute Gasteiger partial charge is 0.478 e. The van der Waals surface area contributed by atoms with Crippen LogP contribution in [0.4, 0.5) is 0 Å². The highest BCUT2D eigenvalue weighted by atomic mass is 32.1. The molecule has 92 valence electrons. The average Bonchev–Trinajstić information content (AvgIpc) is 2.75. The molecule has 1 amide bonds. The Morgan fingerprint density at radius 1 is 1.53 bits per heavy atom. The van der Waals surface area contributed by atoms with Crippen molar-refractivity contribution in [3.05, 3.63) is 28.0 Å². The lowest BCUT2D eigenvalue weighted by molar-refractivity contribution is -0.131. The molecule has 0 aromatic carbocycles. The summed E-state index contributed by atoms with van der Waals surface area (Å²) in [5, 5.41) is 13.0. The number of nitrogens with one attached hydrogen (secondary N) is 1. The average molecular weight is 253 g/mol. The summed E-state index contributed by atoms with van der Waals surface area (Å²) in [6.07, 6.45) is 4.54. The fraction of sp³-hybridized carbons (Fsp3) is 0.333. The molecular formula is C12H15NO3S. The first-order valence-corrected chi connectivity index (χ1v) is 6.29. The second kappa shape index (κ2) is 6.85. The van der Waals surface area contributed by atoms with Gasteiger partial charge in [-0.05, 0) is 18.6 Å². The Labute approximate surface area is 104 Å². The van der Waals surface area contributed by atoms with Gasteiger partial charge in [0.25, 0.3) is 5.91 Å². The molecule has 0 aliphatic carbocycles. The summed E-state index contributed by atoms with van der Waals surface area (Å²) in [5.41, 5.74) is 0.580. The summed E-state index contributed by atoms with van der Waals surface area (Å²) in [7, 11) is 0. The number of hydrogen-bond donors (Lipinski definition) is 2. The molecule has 0 aliphatic heterocycles. The molecule has 0 radical (unpaired) electrons. The van der Waals surface area contributed by atoms with Crippen molar-refractivity contribution in [1.82, 2.24) is 5.32 Å². The summed E-state index contributed by atoms with van der Waals surface area (Å²) in [6, 6.07) is 1.69. The zero-order chi connectivity index (χ0) is 12.7. The summed E-state index contributed by atoms with van der Waals surface area (Å²) in [6.45, 7) is 2.73. The Balaban J connectivity index is 2.55. The van der Waals surface area contributed by atoms with Crippen LogP contribution in [0.2, 0.25) is 0 Å². The first-order valence-electron chi connectivity index (χ1n) is 5.41. The molecule has 1 aromatic rings. The van der Waals surface area contributed by atoms with Crippen molar-refractivity contribution < 1.29 is 14.7 Å². The van der Waals surface area contributed by atoms with Crippen LogP contribution in [0.5, 0.6) is 0 Å². The van der Waals surface area contributed by atoms with E-state index in [1.807, 2.05) is 0 Å². The molecule has 0 fully saturated rings. The van der Waals surface area contributed by atoms with Crippen LogP contribution >= 0.6 is 11.3 Å². The van der Waals surface area contributed by atoms with E-state index in [0.717, 1.165) is 23.8 Å². The Morgan fingerprint density at radius 3 is 2.94 bits per heavy atom. The Hall–Kier alpha value is -1.62. The molecular weight excluding hydrogens is 238 g/mol. The molecule has 0 saturated heterocycles. The van der Waals surface area contributed by atoms with Crippen molar-refractivity contribution >= 4 is 29.3 Å². The number of carbonyl (C=O) groups is 2. The van der Waals surface area contributed by atoms with Gasteiger partial charge in [0.05, 0.1) is 5.56 Å². The second-order valence-electron chi connectivity index (χ2n) is 3.52. The van der Waals surface area contributed by atoms with E-state index >= 15 is 0 Å². The molecule has 4 nitrogen and oxygen atoms in total. The third-order valence-electron chi connectivity index (χ3n) is 2.09. The van der Waals surface area contributed by atoms with Crippen LogP contribution in [0.15, 0.2) is 17.5 Å². The standard InChI is InChI=1S/C12H15NO3S/c1-2-3-6-13-12(16)9-7-10(17-8-9)4-5-11(14)15/h4-5,7-8H,2-3,6H2,1H3,(H,13,16)(H,14,15). The van der Waals surface area contributed by atoms with E-state index in [-0.39, 0.29) is 5.91 Å². The normalized spacial score (nSPS) is 10.6. The molecule has 1 rings (SSSR count). The molecule has 1 aromatic heterocycles. The van der Waals surface area contributed by atoms with Crippen molar-refractivity contribution in [1.29, 1.82) is 0 Å². The van der Waals surface area contributed by atoms with Gasteiger partial charge in [0.1, 0.15) is 0 Å². The molecule has 0 bridgehead atoms. The number of thiophene rings is 1. The minimum Gasteiger partial charge on any atom is -0.478 e. The van der Waals surface area contributed by atoms with Gasteiger partial charge in [0, 0.05) is 22.9 Å². The molecule has 0 unspecified atom stereocenters. The predicted octanol–water partition coefficient (Wildman–Crippen LogP) is 2.38. The summed E-state index contributed by atoms with van der Waals surface area (Å²) < 4.78 is 0. The molecule has 0 atom stereocenters. The first kappa shape index (κ1) is 13.4. The number of unbranched alkanes of at least 4 members (excludes halogenated alkanes) is 1. The number of rotatable bonds is 6. The van der Waals surface area contributed by atoms with Gasteiger partial charge in [-0.2, -0.15) is 0 Å². The van der Waals surface area contributed by atoms with Crippen LogP contribution in [0.1, 0.15) is 35.0 Å². The zero-order valence-electron chi connectivity index (χ0n) is 9.60. The van der Waals surface area contributed by atoms with Crippen molar-refractivity contribution in [3.63, 3.8) is 0 Å². The molecule has 17 heavy (non-hydrogen) atoms. The number of carbonyl (C=O) groups excluding carboxylic acids is 1. The fourth-order valence-electron chi connectivity index (χ4n) is 1.19. The lowest BCUT2D eigenvalue weighted by Gasteiger charge is -2.00. The van der Waals surface area contributed by atoms with Crippen LogP contribution < -0.4 is 5.32 Å². The highest BCUT2D eigenvalue weighted by Gasteiger charge is 2.06. The van der Waals surface area contributed by atoms with E-state index in [2.05, 4.69) is 12.2 Å². The van der Waals surface area contributed by atoms with Gasteiger partial charge in [-0.1, -0.05) is 13.3 Å². The fourth-order valence-corrected chi connectivity index (χ4v) is 1.97. The van der Waals surface area contributed by atoms with E-state index in [1.165, 1.54) is 17.4 Å². The highest BCUT2D eigenvalue weighted by Crippen LogP contribution is 2.16. The van der Waals surface area contributed by atoms with E-state index in [1.54, 1.807) is 11.4 Å². The van der Waals surface area contributed by atoms with Gasteiger partial charge < -0.3 is 10.4 Å². The van der Waals surface area contributed by atoms with E-state index in [4.69, 9.17) is 5.11 Å². The van der Waals surface area contributed by atoms with Crippen LogP contribution in [-0.4, -0.2) is 23.5 Å². The third-order valence-corrected chi connectivity index (χ3v) is 2.99. The number of aliphatic carboxylic acids is 1. The molecule has 2 N–H and O–H groups in total. The first-order chi connectivity index (χ1) is 8.13. The topological polar surface area (TPSA) is 66.4 Å². The van der Waals surface area contributed by atoms with E-state index in [9.17, 15) is 9.59 Å². The van der Waals surface area contributed by atoms with E-state index in [0.29, 0.717) is 12.1 Å². The monoisotopic (exact) mass is 253 g/mol. The minimum absolute atomic E-state index is 0.107. The second-order valence-corrected chi connectivity index (χ2v) is 4.46. The lowest BCUT2D eigenvalue weighted by atomic mass is 10.2. The van der Waals surface area contributed by atoms with Gasteiger partial charge in [0.15, 0.2) is 0 Å². The lowest BCUT2D eigenvalue weighted by Crippen LogP contribution is -2.23. The zero-order valence-corrected chi connectivity index (χ0v) is 10.4. The van der Waals surface area contributed by atoms with Crippen molar-refractivity contribution in [2.45, 2.75) is 19.8 Å². The van der Waals surface area contributed by atoms with Crippen LogP contribution in [-0.2, 0) is 4.79 Å². The van der Waals surface area contributed by atoms with Gasteiger partial charge >= 0.3 is 5.97 Å². The molecule has 0 spiro atoms. The highest BCUT2D eigenvalue weighted by molar-refractivity contribution is 7.11. The Bertz CT molecular complexity index is 423. The Kier molecular flexibility index (Phi) is 5.42. The van der Waals surface area contributed by atoms with Crippen LogP contribution in [0, 0.1) is 0 Å². The Morgan fingerprint density at radius 2 is 2.29 bits per heavy atom. The van der Waals surface area contributed by atoms with Gasteiger partial charge in [-0.15, -0.1) is 11.3 Å². The molecule has 0 saturated carbocycles. The molecule has 5 heteroatoms. The number of carboxylic acids is 1. The van der Waals surface area contributed by atoms with Crippen molar-refractivity contribution in [3.8, 4) is 0 Å². The van der Waals surface area contributed by atoms with Gasteiger partial charge in [-0.25, -0.2) is 4.79 Å². The smallest absolute Gasteiger partial charge is 0.328 e. The quantitative estimate of drug-likeness (QED) is 0.604.